The van der Waals surface area contributed by atoms with Crippen LogP contribution in [-0.2, 0) is 0 Å². The van der Waals surface area contributed by atoms with E-state index in [4.69, 9.17) is 11.0 Å². The third-order valence-electron chi connectivity index (χ3n) is 1.30. The molecule has 0 amide bonds. The summed E-state index contributed by atoms with van der Waals surface area (Å²) in [6, 6.07) is 10.8. The number of halogens is 1. The third kappa shape index (κ3) is 2.58. The third-order valence-corrected chi connectivity index (χ3v) is 1.30. The molecule has 1 aromatic carbocycles. The first-order chi connectivity index (χ1) is 4.84. The van der Waals surface area contributed by atoms with Gasteiger partial charge in [-0.1, -0.05) is 30.3 Å². The van der Waals surface area contributed by atoms with E-state index in [1.807, 2.05) is 36.4 Å². The van der Waals surface area contributed by atoms with E-state index in [-0.39, 0.29) is 12.4 Å². The highest BCUT2D eigenvalue weighted by molar-refractivity contribution is 5.85. The van der Waals surface area contributed by atoms with Crippen LogP contribution in [0.25, 0.3) is 0 Å². The average molecular weight is 169 g/mol. The van der Waals surface area contributed by atoms with E-state index in [0.29, 0.717) is 0 Å². The van der Waals surface area contributed by atoms with E-state index in [1.54, 1.807) is 0 Å². The Morgan fingerprint density at radius 1 is 1.27 bits per heavy atom. The second-order valence-electron chi connectivity index (χ2n) is 2.02. The Balaban J connectivity index is 0.000001000. The molecule has 0 aromatic heterocycles. The van der Waals surface area contributed by atoms with Gasteiger partial charge in [-0.25, -0.2) is 0 Å². The maximum Gasteiger partial charge on any atom is 0.118 e. The SMILES string of the molecule is Cl.N#C[C@H](N)c1ccccc1. The fourth-order valence-corrected chi connectivity index (χ4v) is 0.735. The summed E-state index contributed by atoms with van der Waals surface area (Å²) in [5, 5.41) is 8.41. The first-order valence-corrected chi connectivity index (χ1v) is 3.04. The van der Waals surface area contributed by atoms with Crippen molar-refractivity contribution in [1.29, 1.82) is 5.26 Å². The van der Waals surface area contributed by atoms with Crippen LogP contribution < -0.4 is 5.73 Å². The number of hydrogen-bond acceptors (Lipinski definition) is 2. The molecule has 2 N–H and O–H groups in total. The van der Waals surface area contributed by atoms with Crippen molar-refractivity contribution in [2.75, 3.05) is 0 Å². The summed E-state index contributed by atoms with van der Waals surface area (Å²) in [5.41, 5.74) is 6.30. The molecule has 0 aliphatic heterocycles. The Morgan fingerprint density at radius 3 is 2.27 bits per heavy atom. The smallest absolute Gasteiger partial charge is 0.118 e. The summed E-state index contributed by atoms with van der Waals surface area (Å²) >= 11 is 0. The molecular weight excluding hydrogens is 160 g/mol. The van der Waals surface area contributed by atoms with E-state index in [9.17, 15) is 0 Å². The zero-order valence-corrected chi connectivity index (χ0v) is 6.71. The molecule has 0 radical (unpaired) electrons. The molecule has 0 fully saturated rings. The van der Waals surface area contributed by atoms with E-state index < -0.39 is 6.04 Å². The molecular formula is C8H9ClN2. The van der Waals surface area contributed by atoms with Crippen molar-refractivity contribution in [1.82, 2.24) is 0 Å². The summed E-state index contributed by atoms with van der Waals surface area (Å²) in [6.07, 6.45) is 0. The van der Waals surface area contributed by atoms with Crippen molar-refractivity contribution in [2.24, 2.45) is 5.73 Å². The lowest BCUT2D eigenvalue weighted by molar-refractivity contribution is 0.926. The molecule has 1 atom stereocenters. The largest absolute Gasteiger partial charge is 0.312 e. The highest BCUT2D eigenvalue weighted by atomic mass is 35.5. The Morgan fingerprint density at radius 2 is 1.82 bits per heavy atom. The van der Waals surface area contributed by atoms with Crippen molar-refractivity contribution in [3.63, 3.8) is 0 Å². The number of rotatable bonds is 1. The van der Waals surface area contributed by atoms with Crippen LogP contribution in [0.5, 0.6) is 0 Å². The minimum atomic E-state index is -0.485. The Hall–Kier alpha value is -1.04. The summed E-state index contributed by atoms with van der Waals surface area (Å²) in [7, 11) is 0. The molecule has 0 heterocycles. The van der Waals surface area contributed by atoms with Gasteiger partial charge >= 0.3 is 0 Å². The molecule has 1 aromatic rings. The van der Waals surface area contributed by atoms with Crippen LogP contribution in [0.15, 0.2) is 30.3 Å². The van der Waals surface area contributed by atoms with Crippen molar-refractivity contribution in [3.05, 3.63) is 35.9 Å². The van der Waals surface area contributed by atoms with E-state index in [0.717, 1.165) is 5.56 Å². The molecule has 0 bridgehead atoms. The second-order valence-corrected chi connectivity index (χ2v) is 2.02. The Labute approximate surface area is 72.0 Å². The number of nitrogens with two attached hydrogens (primary N) is 1. The standard InChI is InChI=1S/C8H8N2.ClH/c9-6-8(10)7-4-2-1-3-5-7;/h1-5,8H,10H2;1H/t8-;/m0./s1. The van der Waals surface area contributed by atoms with Gasteiger partial charge in [-0.3, -0.25) is 0 Å². The van der Waals surface area contributed by atoms with Crippen molar-refractivity contribution >= 4 is 12.4 Å². The average Bonchev–Trinajstić information content (AvgIpc) is 2.05. The van der Waals surface area contributed by atoms with Gasteiger partial charge in [-0.15, -0.1) is 12.4 Å². The molecule has 2 nitrogen and oxygen atoms in total. The topological polar surface area (TPSA) is 49.8 Å². The lowest BCUT2D eigenvalue weighted by atomic mass is 10.1. The van der Waals surface area contributed by atoms with Crippen LogP contribution in [0.3, 0.4) is 0 Å². The predicted octanol–water partition coefficient (Wildman–Crippen LogP) is 1.63. The predicted molar refractivity (Wildman–Crippen MR) is 46.2 cm³/mol. The summed E-state index contributed by atoms with van der Waals surface area (Å²) < 4.78 is 0. The molecule has 0 aliphatic rings. The van der Waals surface area contributed by atoms with Crippen molar-refractivity contribution < 1.29 is 0 Å². The molecule has 58 valence electrons. The van der Waals surface area contributed by atoms with Crippen LogP contribution in [0.2, 0.25) is 0 Å². The van der Waals surface area contributed by atoms with Crippen LogP contribution in [0.4, 0.5) is 0 Å². The minimum Gasteiger partial charge on any atom is -0.312 e. The van der Waals surface area contributed by atoms with Gasteiger partial charge in [0.2, 0.25) is 0 Å². The van der Waals surface area contributed by atoms with E-state index in [2.05, 4.69) is 0 Å². The first kappa shape index (κ1) is 9.96. The van der Waals surface area contributed by atoms with Gasteiger partial charge in [0.05, 0.1) is 6.07 Å². The van der Waals surface area contributed by atoms with Crippen LogP contribution in [-0.4, -0.2) is 0 Å². The molecule has 11 heavy (non-hydrogen) atoms. The van der Waals surface area contributed by atoms with Gasteiger partial charge in [0, 0.05) is 0 Å². The lowest BCUT2D eigenvalue weighted by Crippen LogP contribution is -2.06. The summed E-state index contributed by atoms with van der Waals surface area (Å²) in [5.74, 6) is 0. The van der Waals surface area contributed by atoms with Gasteiger partial charge in [0.1, 0.15) is 6.04 Å². The summed E-state index contributed by atoms with van der Waals surface area (Å²) in [6.45, 7) is 0. The first-order valence-electron chi connectivity index (χ1n) is 3.04. The molecule has 1 rings (SSSR count). The zero-order chi connectivity index (χ0) is 7.40. The second kappa shape index (κ2) is 4.73. The maximum atomic E-state index is 8.41. The van der Waals surface area contributed by atoms with Crippen LogP contribution >= 0.6 is 12.4 Å². The number of nitriles is 1. The van der Waals surface area contributed by atoms with E-state index in [1.165, 1.54) is 0 Å². The fourth-order valence-electron chi connectivity index (χ4n) is 0.735. The molecule has 0 saturated heterocycles. The van der Waals surface area contributed by atoms with Gasteiger partial charge in [-0.05, 0) is 5.56 Å². The highest BCUT2D eigenvalue weighted by Gasteiger charge is 1.99. The number of hydrogen-bond donors (Lipinski definition) is 1. The molecule has 0 aliphatic carbocycles. The molecule has 0 saturated carbocycles. The maximum absolute atomic E-state index is 8.41. The van der Waals surface area contributed by atoms with E-state index >= 15 is 0 Å². The lowest BCUT2D eigenvalue weighted by Gasteiger charge is -1.99. The number of nitrogens with zero attached hydrogens (tertiary/aromatic N) is 1. The highest BCUT2D eigenvalue weighted by Crippen LogP contribution is 2.06. The Kier molecular flexibility index (Phi) is 4.28. The normalized spacial score (nSPS) is 10.9. The van der Waals surface area contributed by atoms with Gasteiger partial charge in [0.25, 0.3) is 0 Å². The fraction of sp³-hybridized carbons (Fsp3) is 0.125. The molecule has 0 spiro atoms. The van der Waals surface area contributed by atoms with Crippen molar-refractivity contribution in [3.8, 4) is 6.07 Å². The van der Waals surface area contributed by atoms with Crippen molar-refractivity contribution in [2.45, 2.75) is 6.04 Å². The monoisotopic (exact) mass is 168 g/mol. The molecule has 0 unspecified atom stereocenters. The quantitative estimate of drug-likeness (QED) is 0.693. The number of benzene rings is 1. The zero-order valence-electron chi connectivity index (χ0n) is 5.90. The minimum absolute atomic E-state index is 0. The Bertz CT molecular complexity index is 240. The van der Waals surface area contributed by atoms with Gasteiger partial charge in [0.15, 0.2) is 0 Å². The van der Waals surface area contributed by atoms with Gasteiger partial charge in [-0.2, -0.15) is 5.26 Å². The van der Waals surface area contributed by atoms with Crippen LogP contribution in [0.1, 0.15) is 11.6 Å². The summed E-state index contributed by atoms with van der Waals surface area (Å²) in [4.78, 5) is 0. The van der Waals surface area contributed by atoms with Crippen LogP contribution in [0, 0.1) is 11.3 Å². The van der Waals surface area contributed by atoms with Gasteiger partial charge < -0.3 is 5.73 Å². The molecule has 3 heteroatoms.